The molecule has 0 nitrogen and oxygen atoms in total. The fourth-order valence-corrected chi connectivity index (χ4v) is 3.09. The maximum Gasteiger partial charge on any atom is 0.155 e. The molecule has 0 aromatic carbocycles. The van der Waals surface area contributed by atoms with E-state index in [1.165, 1.54) is 0 Å². The smallest absolute Gasteiger partial charge is 0.155 e. The van der Waals surface area contributed by atoms with Crippen molar-refractivity contribution >= 4 is 34.8 Å². The summed E-state index contributed by atoms with van der Waals surface area (Å²) < 4.78 is 14.0. The van der Waals surface area contributed by atoms with E-state index < -0.39 is 5.67 Å². The molecule has 0 spiro atoms. The zero-order chi connectivity index (χ0) is 9.64. The maximum absolute atomic E-state index is 14.2. The molecule has 0 N–H and O–H groups in total. The van der Waals surface area contributed by atoms with Crippen LogP contribution in [0.25, 0.3) is 0 Å². The van der Waals surface area contributed by atoms with Gasteiger partial charge in [-0.15, -0.1) is 0 Å². The van der Waals surface area contributed by atoms with E-state index in [0.29, 0.717) is 0 Å². The van der Waals surface area contributed by atoms with Gasteiger partial charge in [0, 0.05) is 11.8 Å². The van der Waals surface area contributed by atoms with Gasteiger partial charge in [-0.1, -0.05) is 47.6 Å². The molecule has 2 saturated carbocycles. The standard InChI is InChI=1S/C9H10Cl3F/c10-7(8(11)12)9(13)5-3-1-2-4-6(5)9/h5-6H,1-4H2. The molecule has 0 aromatic rings. The molecule has 2 unspecified atom stereocenters. The van der Waals surface area contributed by atoms with Gasteiger partial charge in [-0.25, -0.2) is 4.39 Å². The molecule has 0 aromatic heterocycles. The van der Waals surface area contributed by atoms with Gasteiger partial charge in [0.25, 0.3) is 0 Å². The Kier molecular flexibility index (Phi) is 2.55. The summed E-state index contributed by atoms with van der Waals surface area (Å²) in [4.78, 5) is 0. The number of alkyl halides is 1. The van der Waals surface area contributed by atoms with Crippen LogP contribution in [0, 0.1) is 11.8 Å². The van der Waals surface area contributed by atoms with Gasteiger partial charge in [0.05, 0.1) is 5.03 Å². The van der Waals surface area contributed by atoms with Gasteiger partial charge in [-0.05, 0) is 12.8 Å². The van der Waals surface area contributed by atoms with Gasteiger partial charge >= 0.3 is 0 Å². The normalized spacial score (nSPS) is 42.5. The number of hydrogen-bond donors (Lipinski definition) is 0. The first-order valence-corrected chi connectivity index (χ1v) is 5.62. The predicted octanol–water partition coefficient (Wildman–Crippen LogP) is 4.40. The van der Waals surface area contributed by atoms with Crippen molar-refractivity contribution in [2.75, 3.05) is 0 Å². The summed E-state index contributed by atoms with van der Waals surface area (Å²) in [6.45, 7) is 0. The second-order valence-electron chi connectivity index (χ2n) is 3.84. The largest absolute Gasteiger partial charge is 0.237 e. The molecule has 0 amide bonds. The molecule has 0 bridgehead atoms. The average molecular weight is 244 g/mol. The molecule has 0 heterocycles. The van der Waals surface area contributed by atoms with Crippen LogP contribution >= 0.6 is 34.8 Å². The van der Waals surface area contributed by atoms with E-state index in [4.69, 9.17) is 34.8 Å². The zero-order valence-corrected chi connectivity index (χ0v) is 9.26. The lowest BCUT2D eigenvalue weighted by Crippen LogP contribution is -2.06. The maximum atomic E-state index is 14.2. The second-order valence-corrected chi connectivity index (χ2v) is 5.17. The van der Waals surface area contributed by atoms with Gasteiger partial charge in [-0.3, -0.25) is 0 Å². The molecule has 2 fully saturated rings. The van der Waals surface area contributed by atoms with Crippen LogP contribution < -0.4 is 0 Å². The highest BCUT2D eigenvalue weighted by atomic mass is 35.5. The van der Waals surface area contributed by atoms with Crippen LogP contribution in [0.1, 0.15) is 25.7 Å². The molecule has 2 aliphatic carbocycles. The van der Waals surface area contributed by atoms with Crippen molar-refractivity contribution < 1.29 is 4.39 Å². The third-order valence-corrected chi connectivity index (χ3v) is 4.29. The topological polar surface area (TPSA) is 0 Å². The summed E-state index contributed by atoms with van der Waals surface area (Å²) in [6, 6.07) is 0. The van der Waals surface area contributed by atoms with E-state index in [1.807, 2.05) is 0 Å². The fourth-order valence-electron chi connectivity index (χ4n) is 2.52. The molecule has 13 heavy (non-hydrogen) atoms. The fraction of sp³-hybridized carbons (Fsp3) is 0.778. The molecule has 0 aliphatic heterocycles. The van der Waals surface area contributed by atoms with E-state index in [0.717, 1.165) is 25.7 Å². The Bertz CT molecular complexity index is 246. The molecule has 2 rings (SSSR count). The van der Waals surface area contributed by atoms with Gasteiger partial charge in [0.2, 0.25) is 0 Å². The van der Waals surface area contributed by atoms with Crippen molar-refractivity contribution in [3.8, 4) is 0 Å². The van der Waals surface area contributed by atoms with E-state index in [2.05, 4.69) is 0 Å². The van der Waals surface area contributed by atoms with Crippen molar-refractivity contribution in [3.63, 3.8) is 0 Å². The Morgan fingerprint density at radius 3 is 1.92 bits per heavy atom. The molecule has 2 aliphatic rings. The second kappa shape index (κ2) is 3.29. The summed E-state index contributed by atoms with van der Waals surface area (Å²) in [5.74, 6) is 0.141. The molecule has 0 saturated heterocycles. The number of halogens is 4. The summed E-state index contributed by atoms with van der Waals surface area (Å²) >= 11 is 16.8. The Morgan fingerprint density at radius 1 is 1.08 bits per heavy atom. The van der Waals surface area contributed by atoms with Crippen molar-refractivity contribution in [2.45, 2.75) is 31.4 Å². The van der Waals surface area contributed by atoms with Gasteiger partial charge in [0.15, 0.2) is 5.67 Å². The van der Waals surface area contributed by atoms with Crippen LogP contribution in [-0.2, 0) is 0 Å². The first-order valence-electron chi connectivity index (χ1n) is 4.48. The summed E-state index contributed by atoms with van der Waals surface area (Å²) in [7, 11) is 0. The van der Waals surface area contributed by atoms with Crippen LogP contribution in [0.4, 0.5) is 4.39 Å². The van der Waals surface area contributed by atoms with Gasteiger partial charge in [-0.2, -0.15) is 0 Å². The van der Waals surface area contributed by atoms with Gasteiger partial charge in [0.1, 0.15) is 4.49 Å². The van der Waals surface area contributed by atoms with E-state index in [-0.39, 0.29) is 21.4 Å². The van der Waals surface area contributed by atoms with Crippen molar-refractivity contribution in [3.05, 3.63) is 9.52 Å². The van der Waals surface area contributed by atoms with Gasteiger partial charge < -0.3 is 0 Å². The molecule has 74 valence electrons. The molecular formula is C9H10Cl3F. The van der Waals surface area contributed by atoms with E-state index in [9.17, 15) is 4.39 Å². The molecular weight excluding hydrogens is 233 g/mol. The Hall–Kier alpha value is 0.540. The average Bonchev–Trinajstić information content (AvgIpc) is 2.74. The highest BCUT2D eigenvalue weighted by molar-refractivity contribution is 6.59. The Balaban J connectivity index is 2.20. The molecule has 2 atom stereocenters. The highest BCUT2D eigenvalue weighted by Crippen LogP contribution is 2.66. The third-order valence-electron chi connectivity index (χ3n) is 3.24. The number of fused-ring (bicyclic) bond motifs is 1. The first-order chi connectivity index (χ1) is 6.08. The van der Waals surface area contributed by atoms with Crippen LogP contribution in [0.2, 0.25) is 0 Å². The van der Waals surface area contributed by atoms with E-state index in [1.54, 1.807) is 0 Å². The minimum Gasteiger partial charge on any atom is -0.237 e. The lowest BCUT2D eigenvalue weighted by molar-refractivity contribution is 0.325. The van der Waals surface area contributed by atoms with Crippen LogP contribution in [0.15, 0.2) is 9.52 Å². The first kappa shape index (κ1) is 10.1. The highest BCUT2D eigenvalue weighted by Gasteiger charge is 2.68. The monoisotopic (exact) mass is 242 g/mol. The quantitative estimate of drug-likeness (QED) is 0.640. The minimum atomic E-state index is -1.39. The molecule has 0 radical (unpaired) electrons. The Morgan fingerprint density at radius 2 is 1.54 bits per heavy atom. The van der Waals surface area contributed by atoms with Crippen molar-refractivity contribution in [1.82, 2.24) is 0 Å². The lowest BCUT2D eigenvalue weighted by atomic mass is 10.0. The van der Waals surface area contributed by atoms with Crippen molar-refractivity contribution in [2.24, 2.45) is 11.8 Å². The van der Waals surface area contributed by atoms with Crippen molar-refractivity contribution in [1.29, 1.82) is 0 Å². The summed E-state index contributed by atoms with van der Waals surface area (Å²) in [6.07, 6.45) is 4.02. The number of allylic oxidation sites excluding steroid dienone is 1. The van der Waals surface area contributed by atoms with Crippen LogP contribution in [-0.4, -0.2) is 5.67 Å². The predicted molar refractivity (Wildman–Crippen MR) is 53.9 cm³/mol. The summed E-state index contributed by atoms with van der Waals surface area (Å²) in [5.41, 5.74) is -1.39. The molecule has 4 heteroatoms. The van der Waals surface area contributed by atoms with Crippen LogP contribution in [0.3, 0.4) is 0 Å². The zero-order valence-electron chi connectivity index (χ0n) is 6.99. The SMILES string of the molecule is FC1(C(Cl)=C(Cl)Cl)C2CCCCC21. The number of rotatable bonds is 1. The Labute approximate surface area is 92.0 Å². The third kappa shape index (κ3) is 1.40. The number of hydrogen-bond acceptors (Lipinski definition) is 0. The lowest BCUT2D eigenvalue weighted by Gasteiger charge is -2.05. The summed E-state index contributed by atoms with van der Waals surface area (Å²) in [5, 5.41) is 0.0210. The minimum absolute atomic E-state index is 0.0210. The van der Waals surface area contributed by atoms with E-state index >= 15 is 0 Å². The van der Waals surface area contributed by atoms with Crippen LogP contribution in [0.5, 0.6) is 0 Å².